The van der Waals surface area contributed by atoms with Crippen LogP contribution in [0.2, 0.25) is 5.02 Å². The maximum absolute atomic E-state index is 10.8. The van der Waals surface area contributed by atoms with Crippen molar-refractivity contribution in [3.05, 3.63) is 22.2 Å². The van der Waals surface area contributed by atoms with Crippen molar-refractivity contribution >= 4 is 17.6 Å². The van der Waals surface area contributed by atoms with Crippen LogP contribution in [0.5, 0.6) is 11.5 Å². The molecule has 0 aromatic heterocycles. The van der Waals surface area contributed by atoms with Gasteiger partial charge in [0, 0.05) is 0 Å². The number of rotatable bonds is 3. The molecule has 0 unspecified atom stereocenters. The number of aromatic hydroxyl groups is 1. The summed E-state index contributed by atoms with van der Waals surface area (Å²) in [6, 6.07) is 1.36. The summed E-state index contributed by atoms with van der Waals surface area (Å²) in [5.41, 5.74) is 0.440. The number of halogens is 1. The molecule has 0 fully saturated rings. The molecule has 1 aromatic rings. The van der Waals surface area contributed by atoms with Crippen LogP contribution in [0.25, 0.3) is 0 Å². The SMILES string of the molecule is CCc1cc(C(=O)O)c(O)c(Cl)c1OC. The fraction of sp³-hybridized carbons (Fsp3) is 0.300. The number of methoxy groups -OCH3 is 1. The first kappa shape index (κ1) is 11.7. The van der Waals surface area contributed by atoms with Crippen molar-refractivity contribution in [2.24, 2.45) is 0 Å². The molecule has 0 spiro atoms. The zero-order valence-electron chi connectivity index (χ0n) is 8.37. The molecule has 5 heteroatoms. The minimum atomic E-state index is -1.22. The topological polar surface area (TPSA) is 66.8 Å². The van der Waals surface area contributed by atoms with Crippen molar-refractivity contribution in [1.29, 1.82) is 0 Å². The summed E-state index contributed by atoms with van der Waals surface area (Å²) in [4.78, 5) is 10.8. The van der Waals surface area contributed by atoms with Gasteiger partial charge in [0.1, 0.15) is 16.3 Å². The summed E-state index contributed by atoms with van der Waals surface area (Å²) < 4.78 is 5.00. The number of phenols is 1. The fourth-order valence-electron chi connectivity index (χ4n) is 1.32. The van der Waals surface area contributed by atoms with Gasteiger partial charge in [-0.3, -0.25) is 0 Å². The highest BCUT2D eigenvalue weighted by Crippen LogP contribution is 2.39. The summed E-state index contributed by atoms with van der Waals surface area (Å²) in [5, 5.41) is 18.3. The second kappa shape index (κ2) is 4.40. The Hall–Kier alpha value is -1.42. The molecule has 1 rings (SSSR count). The molecular formula is C10H11ClO4. The quantitative estimate of drug-likeness (QED) is 0.836. The third-order valence-corrected chi connectivity index (χ3v) is 2.44. The fourth-order valence-corrected chi connectivity index (χ4v) is 1.62. The molecule has 2 N–H and O–H groups in total. The summed E-state index contributed by atoms with van der Waals surface area (Å²) in [7, 11) is 1.42. The number of hydrogen-bond donors (Lipinski definition) is 2. The predicted molar refractivity (Wildman–Crippen MR) is 56.0 cm³/mol. The zero-order valence-corrected chi connectivity index (χ0v) is 9.13. The van der Waals surface area contributed by atoms with Crippen LogP contribution in [0, 0.1) is 0 Å². The average molecular weight is 231 g/mol. The Morgan fingerprint density at radius 2 is 2.20 bits per heavy atom. The van der Waals surface area contributed by atoms with Crippen molar-refractivity contribution in [3.63, 3.8) is 0 Å². The molecule has 0 amide bonds. The van der Waals surface area contributed by atoms with Gasteiger partial charge in [-0.05, 0) is 18.1 Å². The zero-order chi connectivity index (χ0) is 11.6. The highest BCUT2D eigenvalue weighted by atomic mass is 35.5. The van der Waals surface area contributed by atoms with E-state index in [9.17, 15) is 9.90 Å². The van der Waals surface area contributed by atoms with E-state index in [1.54, 1.807) is 0 Å². The van der Waals surface area contributed by atoms with E-state index in [4.69, 9.17) is 21.4 Å². The standard InChI is InChI=1S/C10H11ClO4/c1-3-5-4-6(10(13)14)8(12)7(11)9(5)15-2/h4,12H,3H2,1-2H3,(H,13,14). The Kier molecular flexibility index (Phi) is 3.42. The maximum atomic E-state index is 10.8. The molecule has 0 bridgehead atoms. The first-order valence-corrected chi connectivity index (χ1v) is 4.72. The van der Waals surface area contributed by atoms with Crippen LogP contribution in [-0.4, -0.2) is 23.3 Å². The number of benzene rings is 1. The van der Waals surface area contributed by atoms with Gasteiger partial charge in [0.25, 0.3) is 0 Å². The normalized spacial score (nSPS) is 10.1. The molecule has 82 valence electrons. The number of aromatic carboxylic acids is 1. The lowest BCUT2D eigenvalue weighted by Gasteiger charge is -2.12. The smallest absolute Gasteiger partial charge is 0.339 e. The maximum Gasteiger partial charge on any atom is 0.339 e. The molecular weight excluding hydrogens is 220 g/mol. The lowest BCUT2D eigenvalue weighted by Crippen LogP contribution is -2.01. The van der Waals surface area contributed by atoms with Crippen molar-refractivity contribution < 1.29 is 19.7 Å². The van der Waals surface area contributed by atoms with E-state index in [0.717, 1.165) is 0 Å². The molecule has 0 radical (unpaired) electrons. The van der Waals surface area contributed by atoms with Crippen LogP contribution in [-0.2, 0) is 6.42 Å². The summed E-state index contributed by atoms with van der Waals surface area (Å²) in [6.45, 7) is 1.84. The van der Waals surface area contributed by atoms with Gasteiger partial charge >= 0.3 is 5.97 Å². The van der Waals surface area contributed by atoms with Crippen LogP contribution in [0.4, 0.5) is 0 Å². The highest BCUT2D eigenvalue weighted by molar-refractivity contribution is 6.34. The largest absolute Gasteiger partial charge is 0.505 e. The van der Waals surface area contributed by atoms with Gasteiger partial charge < -0.3 is 14.9 Å². The van der Waals surface area contributed by atoms with Crippen LogP contribution in [0.15, 0.2) is 6.07 Å². The van der Waals surface area contributed by atoms with E-state index in [0.29, 0.717) is 17.7 Å². The molecule has 4 nitrogen and oxygen atoms in total. The van der Waals surface area contributed by atoms with Gasteiger partial charge in [0.05, 0.1) is 7.11 Å². The van der Waals surface area contributed by atoms with Crippen molar-refractivity contribution in [2.45, 2.75) is 13.3 Å². The number of carboxylic acids is 1. The van der Waals surface area contributed by atoms with E-state index >= 15 is 0 Å². The minimum absolute atomic E-state index is 0.0609. The number of ether oxygens (including phenoxy) is 1. The van der Waals surface area contributed by atoms with E-state index in [2.05, 4.69) is 0 Å². The van der Waals surface area contributed by atoms with Gasteiger partial charge in [-0.1, -0.05) is 18.5 Å². The summed E-state index contributed by atoms with van der Waals surface area (Å²) in [5.74, 6) is -1.35. The Balaban J connectivity index is 3.49. The molecule has 0 aliphatic heterocycles. The molecule has 0 aliphatic rings. The third kappa shape index (κ3) is 1.99. The van der Waals surface area contributed by atoms with Gasteiger partial charge in [-0.25, -0.2) is 4.79 Å². The molecule has 0 saturated carbocycles. The molecule has 0 aliphatic carbocycles. The average Bonchev–Trinajstić information content (AvgIpc) is 2.21. The number of hydrogen-bond acceptors (Lipinski definition) is 3. The lowest BCUT2D eigenvalue weighted by molar-refractivity contribution is 0.0693. The first-order valence-electron chi connectivity index (χ1n) is 4.34. The minimum Gasteiger partial charge on any atom is -0.505 e. The molecule has 15 heavy (non-hydrogen) atoms. The van der Waals surface area contributed by atoms with Gasteiger partial charge in [-0.15, -0.1) is 0 Å². The van der Waals surface area contributed by atoms with Crippen molar-refractivity contribution in [3.8, 4) is 11.5 Å². The molecule has 0 atom stereocenters. The number of aryl methyl sites for hydroxylation is 1. The Labute approximate surface area is 92.1 Å². The van der Waals surface area contributed by atoms with E-state index < -0.39 is 11.7 Å². The van der Waals surface area contributed by atoms with E-state index in [1.165, 1.54) is 13.2 Å². The molecule has 0 saturated heterocycles. The third-order valence-electron chi connectivity index (χ3n) is 2.09. The van der Waals surface area contributed by atoms with Crippen LogP contribution >= 0.6 is 11.6 Å². The van der Waals surface area contributed by atoms with Crippen LogP contribution in [0.3, 0.4) is 0 Å². The number of carboxylic acid groups (broad SMARTS) is 1. The second-order valence-electron chi connectivity index (χ2n) is 2.94. The summed E-state index contributed by atoms with van der Waals surface area (Å²) in [6.07, 6.45) is 0.573. The monoisotopic (exact) mass is 230 g/mol. The Morgan fingerprint density at radius 3 is 2.60 bits per heavy atom. The van der Waals surface area contributed by atoms with Crippen molar-refractivity contribution in [1.82, 2.24) is 0 Å². The van der Waals surface area contributed by atoms with Crippen LogP contribution in [0.1, 0.15) is 22.8 Å². The van der Waals surface area contributed by atoms with Crippen LogP contribution < -0.4 is 4.74 Å². The highest BCUT2D eigenvalue weighted by Gasteiger charge is 2.19. The first-order chi connectivity index (χ1) is 7.02. The molecule has 0 heterocycles. The lowest BCUT2D eigenvalue weighted by atomic mass is 10.1. The molecule has 1 aromatic carbocycles. The summed E-state index contributed by atoms with van der Waals surface area (Å²) >= 11 is 5.79. The number of carbonyl (C=O) groups is 1. The van der Waals surface area contributed by atoms with E-state index in [-0.39, 0.29) is 10.6 Å². The van der Waals surface area contributed by atoms with Gasteiger partial charge in [-0.2, -0.15) is 0 Å². The van der Waals surface area contributed by atoms with Gasteiger partial charge in [0.15, 0.2) is 5.75 Å². The predicted octanol–water partition coefficient (Wildman–Crippen LogP) is 2.31. The second-order valence-corrected chi connectivity index (χ2v) is 3.32. The van der Waals surface area contributed by atoms with Gasteiger partial charge in [0.2, 0.25) is 0 Å². The van der Waals surface area contributed by atoms with E-state index in [1.807, 2.05) is 6.92 Å². The Morgan fingerprint density at radius 1 is 1.60 bits per heavy atom. The Bertz CT molecular complexity index is 401. The van der Waals surface area contributed by atoms with Crippen molar-refractivity contribution in [2.75, 3.05) is 7.11 Å².